The summed E-state index contributed by atoms with van der Waals surface area (Å²) in [6.45, 7) is 8.26. The maximum absolute atomic E-state index is 13.3. The number of ketones is 1. The molecule has 0 spiro atoms. The summed E-state index contributed by atoms with van der Waals surface area (Å²) in [6, 6.07) is 21.2. The van der Waals surface area contributed by atoms with E-state index in [1.54, 1.807) is 48.5 Å². The predicted molar refractivity (Wildman–Crippen MR) is 303 cm³/mol. The number of benzene rings is 4. The highest BCUT2D eigenvalue weighted by atomic mass is 35.5. The summed E-state index contributed by atoms with van der Waals surface area (Å²) in [6.07, 6.45) is -3.43. The highest BCUT2D eigenvalue weighted by Crippen LogP contribution is 2.41. The number of aliphatic hydroxyl groups excluding tert-OH is 2. The van der Waals surface area contributed by atoms with E-state index in [0.29, 0.717) is 52.7 Å². The van der Waals surface area contributed by atoms with Gasteiger partial charge in [-0.15, -0.1) is 0 Å². The van der Waals surface area contributed by atoms with Gasteiger partial charge in [-0.3, -0.25) is 14.5 Å². The molecular weight excluding hydrogens is 1150 g/mol. The van der Waals surface area contributed by atoms with Gasteiger partial charge in [0.05, 0.1) is 81.6 Å². The number of hydrogen-bond donors (Lipinski definition) is 4. The van der Waals surface area contributed by atoms with Crippen LogP contribution in [0.1, 0.15) is 71.4 Å². The number of sulfone groups is 1. The molecule has 1 amide bonds. The molecule has 2 aliphatic rings. The van der Waals surface area contributed by atoms with Crippen molar-refractivity contribution in [2.24, 2.45) is 0 Å². The van der Waals surface area contributed by atoms with E-state index >= 15 is 0 Å². The third kappa shape index (κ3) is 19.9. The van der Waals surface area contributed by atoms with E-state index in [1.165, 1.54) is 0 Å². The molecule has 79 heavy (non-hydrogen) atoms. The molecule has 0 bridgehead atoms. The Bertz CT molecular complexity index is 2850. The third-order valence-electron chi connectivity index (χ3n) is 13.4. The average molecular weight is 1220 g/mol. The number of carbonyl (C=O) groups is 2. The Morgan fingerprint density at radius 3 is 1.70 bits per heavy atom. The molecule has 4 aromatic carbocycles. The SMILES string of the molecule is CCN1Cc2c(Cl)cc(Cl)cc2C(c2cccc(S(=O)(=O)NCCOCCOCCOCCNC(=O)C(O)C(O)C(=O)CCCOCCOCCOCCCS(=O)(=O)c3cccc(C4CN(C)Cc5c(Cl)cc(Cl)cc54)c3)c2)C1. The van der Waals surface area contributed by atoms with Crippen molar-refractivity contribution >= 4 is 78.0 Å². The molecule has 2 aliphatic heterocycles. The number of likely N-dealkylation sites (N-methyl/N-ethyl adjacent to an activating group) is 2. The molecular formula is C55H72Cl4N4O14S2. The molecule has 4 unspecified atom stereocenters. The van der Waals surface area contributed by atoms with Crippen molar-refractivity contribution in [1.29, 1.82) is 0 Å². The first-order valence-electron chi connectivity index (χ1n) is 26.3. The molecule has 4 aromatic rings. The average Bonchev–Trinajstić information content (AvgIpc) is 3.46. The first kappa shape index (κ1) is 64.8. The molecule has 4 atom stereocenters. The van der Waals surface area contributed by atoms with E-state index in [2.05, 4.69) is 26.8 Å². The van der Waals surface area contributed by atoms with Gasteiger partial charge in [0.25, 0.3) is 5.91 Å². The van der Waals surface area contributed by atoms with Crippen LogP contribution in [0.5, 0.6) is 0 Å². The van der Waals surface area contributed by atoms with Crippen LogP contribution in [-0.2, 0) is 71.0 Å². The first-order chi connectivity index (χ1) is 37.9. The molecule has 24 heteroatoms. The van der Waals surface area contributed by atoms with E-state index < -0.39 is 43.8 Å². The maximum atomic E-state index is 13.3. The second-order valence-electron chi connectivity index (χ2n) is 19.2. The van der Waals surface area contributed by atoms with Gasteiger partial charge in [0.2, 0.25) is 10.0 Å². The molecule has 0 fully saturated rings. The number of aliphatic hydroxyl groups is 2. The molecule has 0 radical (unpaired) electrons. The van der Waals surface area contributed by atoms with E-state index in [4.69, 9.17) is 74.8 Å². The minimum Gasteiger partial charge on any atom is -0.382 e. The zero-order valence-electron chi connectivity index (χ0n) is 44.5. The predicted octanol–water partition coefficient (Wildman–Crippen LogP) is 6.27. The third-order valence-corrected chi connectivity index (χ3v) is 17.8. The van der Waals surface area contributed by atoms with Crippen LogP contribution in [-0.4, -0.2) is 186 Å². The Kier molecular flexibility index (Phi) is 26.6. The summed E-state index contributed by atoms with van der Waals surface area (Å²) in [5.41, 5.74) is 5.71. The Morgan fingerprint density at radius 2 is 1.11 bits per heavy atom. The van der Waals surface area contributed by atoms with Crippen molar-refractivity contribution in [2.75, 3.05) is 125 Å². The molecule has 18 nitrogen and oxygen atoms in total. The van der Waals surface area contributed by atoms with Gasteiger partial charge in [0.15, 0.2) is 21.7 Å². The van der Waals surface area contributed by atoms with E-state index in [1.807, 2.05) is 31.3 Å². The van der Waals surface area contributed by atoms with E-state index in [-0.39, 0.29) is 133 Å². The number of sulfonamides is 1. The summed E-state index contributed by atoms with van der Waals surface area (Å²) in [7, 11) is -5.39. The second-order valence-corrected chi connectivity index (χ2v) is 24.7. The highest BCUT2D eigenvalue weighted by molar-refractivity contribution is 7.91. The minimum absolute atomic E-state index is 0.0153. The Labute approximate surface area is 484 Å². The zero-order chi connectivity index (χ0) is 57.0. The van der Waals surface area contributed by atoms with Gasteiger partial charge in [0, 0.05) is 90.8 Å². The molecule has 6 rings (SSSR count). The highest BCUT2D eigenvalue weighted by Gasteiger charge is 2.32. The van der Waals surface area contributed by atoms with Crippen molar-refractivity contribution in [1.82, 2.24) is 19.8 Å². The smallest absolute Gasteiger partial charge is 0.252 e. The second kappa shape index (κ2) is 32.5. The monoisotopic (exact) mass is 1220 g/mol. The maximum Gasteiger partial charge on any atom is 0.252 e. The molecule has 0 saturated heterocycles. The van der Waals surface area contributed by atoms with Gasteiger partial charge in [-0.2, -0.15) is 0 Å². The van der Waals surface area contributed by atoms with Gasteiger partial charge >= 0.3 is 0 Å². The topological polar surface area (TPSA) is 229 Å². The summed E-state index contributed by atoms with van der Waals surface area (Å²) >= 11 is 25.8. The van der Waals surface area contributed by atoms with Crippen LogP contribution in [0, 0.1) is 0 Å². The normalized spacial score (nSPS) is 16.8. The molecule has 0 saturated carbocycles. The van der Waals surface area contributed by atoms with Crippen LogP contribution in [0.4, 0.5) is 0 Å². The van der Waals surface area contributed by atoms with Gasteiger partial charge in [0.1, 0.15) is 6.10 Å². The lowest BCUT2D eigenvalue weighted by atomic mass is 9.84. The van der Waals surface area contributed by atoms with Gasteiger partial charge < -0.3 is 48.9 Å². The summed E-state index contributed by atoms with van der Waals surface area (Å²) < 4.78 is 88.5. The number of rotatable bonds is 35. The molecule has 2 heterocycles. The Hall–Kier alpha value is -3.36. The number of Topliss-reactive ketones (excluding diaryl/α,β-unsaturated/α-hetero) is 1. The quantitative estimate of drug-likeness (QED) is 0.0372. The van der Waals surface area contributed by atoms with Gasteiger partial charge in [-0.1, -0.05) is 77.6 Å². The van der Waals surface area contributed by atoms with Crippen molar-refractivity contribution in [3.8, 4) is 0 Å². The van der Waals surface area contributed by atoms with Crippen LogP contribution >= 0.6 is 46.4 Å². The van der Waals surface area contributed by atoms with E-state index in [0.717, 1.165) is 39.9 Å². The Morgan fingerprint density at radius 1 is 0.620 bits per heavy atom. The lowest BCUT2D eigenvalue weighted by Gasteiger charge is -2.35. The van der Waals surface area contributed by atoms with Crippen LogP contribution < -0.4 is 10.0 Å². The minimum atomic E-state index is -3.82. The molecule has 436 valence electrons. The zero-order valence-corrected chi connectivity index (χ0v) is 49.2. The fraction of sp³-hybridized carbons (Fsp3) is 0.527. The van der Waals surface area contributed by atoms with Gasteiger partial charge in [-0.25, -0.2) is 21.6 Å². The van der Waals surface area contributed by atoms with Crippen molar-refractivity contribution in [3.05, 3.63) is 126 Å². The summed E-state index contributed by atoms with van der Waals surface area (Å²) in [4.78, 5) is 29.6. The van der Waals surface area contributed by atoms with Crippen LogP contribution in [0.15, 0.2) is 82.6 Å². The van der Waals surface area contributed by atoms with Crippen LogP contribution in [0.25, 0.3) is 0 Å². The molecule has 0 aromatic heterocycles. The molecule has 4 N–H and O–H groups in total. The number of hydrogen-bond acceptors (Lipinski definition) is 16. The fourth-order valence-electron chi connectivity index (χ4n) is 9.28. The van der Waals surface area contributed by atoms with Crippen LogP contribution in [0.2, 0.25) is 20.1 Å². The summed E-state index contributed by atoms with van der Waals surface area (Å²) in [5.74, 6) is -1.89. The number of halogens is 4. The number of ether oxygens (including phenoxy) is 6. The summed E-state index contributed by atoms with van der Waals surface area (Å²) in [5, 5.41) is 25.1. The standard InChI is InChI=1S/C55H72Cl4N4O14S2/c1-3-63-36-47(45-31-41(57)33-51(59)49(45)37-63)39-9-5-11-43(29-39)79(70,71)61-14-18-75-22-26-77-25-21-74-17-13-60-55(67)54(66)53(65)52(64)12-6-15-72-19-23-76-24-20-73-16-7-27-78(68,69)42-10-4-8-38(28-42)46-34-62(2)35-48-44(46)30-40(56)32-50(48)58/h4-5,8-11,28-33,46-47,53-54,61,65-66H,3,6-7,12-27,34-37H2,1-2H3,(H,60,67). The van der Waals surface area contributed by atoms with Crippen molar-refractivity contribution in [3.63, 3.8) is 0 Å². The number of amides is 1. The first-order valence-corrected chi connectivity index (χ1v) is 30.9. The lowest BCUT2D eigenvalue weighted by molar-refractivity contribution is -0.145. The number of fused-ring (bicyclic) bond motifs is 2. The van der Waals surface area contributed by atoms with Gasteiger partial charge in [-0.05, 0) is 108 Å². The van der Waals surface area contributed by atoms with Crippen molar-refractivity contribution in [2.45, 2.75) is 73.1 Å². The van der Waals surface area contributed by atoms with E-state index in [9.17, 15) is 36.6 Å². The van der Waals surface area contributed by atoms with Crippen molar-refractivity contribution < 1.29 is 65.1 Å². The fourth-order valence-corrected chi connectivity index (χ4v) is 12.8. The Balaban J connectivity index is 0.720. The number of nitrogens with zero attached hydrogens (tertiary/aromatic N) is 2. The lowest BCUT2D eigenvalue weighted by Crippen LogP contribution is -2.46. The van der Waals surface area contributed by atoms with Crippen LogP contribution in [0.3, 0.4) is 0 Å². The number of carbonyl (C=O) groups excluding carboxylic acids is 2. The largest absolute Gasteiger partial charge is 0.382 e. The number of nitrogens with one attached hydrogen (secondary N) is 2. The molecule has 0 aliphatic carbocycles.